The largest absolute Gasteiger partial charge is 0.338 e. The molecule has 5 aromatic heterocycles. The van der Waals surface area contributed by atoms with Gasteiger partial charge in [0.2, 0.25) is 5.91 Å². The number of fused-ring (bicyclic) bond motifs is 2. The number of aromatic amines is 2. The van der Waals surface area contributed by atoms with Gasteiger partial charge in [0, 0.05) is 35.2 Å². The van der Waals surface area contributed by atoms with Crippen LogP contribution in [0.4, 0.5) is 5.69 Å². The van der Waals surface area contributed by atoms with Crippen LogP contribution in [0.3, 0.4) is 0 Å². The van der Waals surface area contributed by atoms with E-state index in [1.54, 1.807) is 24.8 Å². The second kappa shape index (κ2) is 8.68. The first-order valence-corrected chi connectivity index (χ1v) is 11.5. The van der Waals surface area contributed by atoms with E-state index >= 15 is 0 Å². The number of anilines is 1. The van der Waals surface area contributed by atoms with Crippen LogP contribution in [0.5, 0.6) is 0 Å². The number of pyridine rings is 3. The van der Waals surface area contributed by atoms with E-state index in [-0.39, 0.29) is 5.91 Å². The number of nitrogens with zero attached hydrogens (tertiary/aromatic N) is 4. The first-order valence-electron chi connectivity index (χ1n) is 11.5. The third kappa shape index (κ3) is 4.01. The first-order chi connectivity index (χ1) is 16.7. The van der Waals surface area contributed by atoms with Crippen LogP contribution in [0, 0.1) is 5.92 Å². The van der Waals surface area contributed by atoms with Crippen molar-refractivity contribution < 1.29 is 4.79 Å². The lowest BCUT2D eigenvalue weighted by Crippen LogP contribution is -2.30. The Balaban J connectivity index is 1.27. The fourth-order valence-corrected chi connectivity index (χ4v) is 4.57. The zero-order chi connectivity index (χ0) is 22.9. The minimum absolute atomic E-state index is 0.0267. The molecule has 0 aliphatic carbocycles. The molecule has 5 aromatic rings. The van der Waals surface area contributed by atoms with Gasteiger partial charge in [0.25, 0.3) is 0 Å². The van der Waals surface area contributed by atoms with Crippen LogP contribution < -0.4 is 10.6 Å². The van der Waals surface area contributed by atoms with Crippen LogP contribution in [-0.2, 0) is 4.79 Å². The van der Waals surface area contributed by atoms with Gasteiger partial charge in [-0.1, -0.05) is 0 Å². The molecule has 0 unspecified atom stereocenters. The summed E-state index contributed by atoms with van der Waals surface area (Å²) in [5, 5.41) is 15.9. The SMILES string of the molecule is O=C(CC1CCNCC1)Nc1cncc(-c2cc3c(-c4cc5cccnc5[nH]4)n[nH]c3cn2)c1. The van der Waals surface area contributed by atoms with Crippen molar-refractivity contribution in [1.82, 2.24) is 35.5 Å². The van der Waals surface area contributed by atoms with Gasteiger partial charge in [-0.15, -0.1) is 0 Å². The molecular formula is C25H24N8O. The van der Waals surface area contributed by atoms with Crippen LogP contribution in [0.25, 0.3) is 44.6 Å². The maximum atomic E-state index is 12.5. The molecular weight excluding hydrogens is 428 g/mol. The van der Waals surface area contributed by atoms with Crippen molar-refractivity contribution in [3.63, 3.8) is 0 Å². The summed E-state index contributed by atoms with van der Waals surface area (Å²) in [6.07, 6.45) is 9.56. The Labute approximate surface area is 195 Å². The van der Waals surface area contributed by atoms with Gasteiger partial charge in [0.05, 0.1) is 35.0 Å². The lowest BCUT2D eigenvalue weighted by Gasteiger charge is -2.21. The molecule has 6 heterocycles. The quantitative estimate of drug-likeness (QED) is 0.321. The number of aromatic nitrogens is 6. The highest BCUT2D eigenvalue weighted by atomic mass is 16.1. The fraction of sp³-hybridized carbons (Fsp3) is 0.240. The van der Waals surface area contributed by atoms with Gasteiger partial charge in [-0.2, -0.15) is 5.10 Å². The molecule has 0 aromatic carbocycles. The Hall–Kier alpha value is -4.11. The van der Waals surface area contributed by atoms with E-state index in [0.29, 0.717) is 18.0 Å². The summed E-state index contributed by atoms with van der Waals surface area (Å²) in [7, 11) is 0. The van der Waals surface area contributed by atoms with Crippen molar-refractivity contribution in [2.75, 3.05) is 18.4 Å². The number of H-pyrrole nitrogens is 2. The molecule has 0 atom stereocenters. The molecule has 170 valence electrons. The average Bonchev–Trinajstić information content (AvgIpc) is 3.48. The molecule has 1 saturated heterocycles. The topological polar surface area (TPSA) is 124 Å². The molecule has 9 nitrogen and oxygen atoms in total. The Morgan fingerprint density at radius 2 is 2.00 bits per heavy atom. The lowest BCUT2D eigenvalue weighted by atomic mass is 9.94. The first kappa shape index (κ1) is 20.5. The average molecular weight is 453 g/mol. The highest BCUT2D eigenvalue weighted by Crippen LogP contribution is 2.30. The standard InChI is InChI=1S/C25H24N8O/c34-23(8-15-3-6-26-7-4-15)30-18-9-17(12-27-13-18)20-11-19-22(14-29-20)32-33-24(19)21-10-16-2-1-5-28-25(16)31-21/h1-2,5,9-15,26H,3-4,6-8H2,(H,28,31)(H,30,34)(H,32,33). The number of hydrogen-bond acceptors (Lipinski definition) is 6. The van der Waals surface area contributed by atoms with E-state index < -0.39 is 0 Å². The van der Waals surface area contributed by atoms with Gasteiger partial charge in [-0.25, -0.2) is 4.98 Å². The van der Waals surface area contributed by atoms with E-state index in [4.69, 9.17) is 0 Å². The van der Waals surface area contributed by atoms with Crippen molar-refractivity contribution in [2.45, 2.75) is 19.3 Å². The second-order valence-corrected chi connectivity index (χ2v) is 8.72. The Morgan fingerprint density at radius 1 is 1.09 bits per heavy atom. The summed E-state index contributed by atoms with van der Waals surface area (Å²) in [5.41, 5.74) is 5.60. The Morgan fingerprint density at radius 3 is 2.88 bits per heavy atom. The Bertz CT molecular complexity index is 1450. The van der Waals surface area contributed by atoms with Crippen LogP contribution in [-0.4, -0.2) is 49.1 Å². The number of hydrogen-bond donors (Lipinski definition) is 4. The third-order valence-electron chi connectivity index (χ3n) is 6.34. The molecule has 1 amide bonds. The molecule has 0 radical (unpaired) electrons. The second-order valence-electron chi connectivity index (χ2n) is 8.72. The summed E-state index contributed by atoms with van der Waals surface area (Å²) in [6, 6.07) is 9.87. The van der Waals surface area contributed by atoms with E-state index in [1.807, 2.05) is 30.3 Å². The predicted octanol–water partition coefficient (Wildman–Crippen LogP) is 3.89. The summed E-state index contributed by atoms with van der Waals surface area (Å²) in [4.78, 5) is 29.2. The maximum absolute atomic E-state index is 12.5. The molecule has 1 aliphatic rings. The van der Waals surface area contributed by atoms with Gasteiger partial charge in [0.15, 0.2) is 0 Å². The zero-order valence-corrected chi connectivity index (χ0v) is 18.5. The van der Waals surface area contributed by atoms with Crippen LogP contribution in [0.15, 0.2) is 55.1 Å². The minimum Gasteiger partial charge on any atom is -0.338 e. The number of amides is 1. The number of carbonyl (C=O) groups is 1. The van der Waals surface area contributed by atoms with Crippen molar-refractivity contribution >= 4 is 33.5 Å². The maximum Gasteiger partial charge on any atom is 0.224 e. The van der Waals surface area contributed by atoms with Gasteiger partial charge in [-0.3, -0.25) is 19.9 Å². The van der Waals surface area contributed by atoms with E-state index in [1.165, 1.54) is 0 Å². The highest BCUT2D eigenvalue weighted by molar-refractivity contribution is 5.96. The smallest absolute Gasteiger partial charge is 0.224 e. The van der Waals surface area contributed by atoms with Crippen LogP contribution in [0.1, 0.15) is 19.3 Å². The fourth-order valence-electron chi connectivity index (χ4n) is 4.57. The van der Waals surface area contributed by atoms with E-state index in [9.17, 15) is 4.79 Å². The molecule has 34 heavy (non-hydrogen) atoms. The van der Waals surface area contributed by atoms with Crippen molar-refractivity contribution in [2.24, 2.45) is 5.92 Å². The number of piperidine rings is 1. The monoisotopic (exact) mass is 452 g/mol. The molecule has 0 saturated carbocycles. The third-order valence-corrected chi connectivity index (χ3v) is 6.34. The normalized spacial score (nSPS) is 14.6. The van der Waals surface area contributed by atoms with Crippen LogP contribution in [0.2, 0.25) is 0 Å². The predicted molar refractivity (Wildman–Crippen MR) is 131 cm³/mol. The zero-order valence-electron chi connectivity index (χ0n) is 18.5. The molecule has 1 fully saturated rings. The van der Waals surface area contributed by atoms with Gasteiger partial charge >= 0.3 is 0 Å². The van der Waals surface area contributed by atoms with E-state index in [0.717, 1.165) is 70.5 Å². The van der Waals surface area contributed by atoms with Gasteiger partial charge in [-0.05, 0) is 62.2 Å². The minimum atomic E-state index is 0.0267. The molecule has 9 heteroatoms. The molecule has 0 bridgehead atoms. The van der Waals surface area contributed by atoms with E-state index in [2.05, 4.69) is 40.8 Å². The number of nitrogens with one attached hydrogen (secondary N) is 4. The molecule has 0 spiro atoms. The summed E-state index contributed by atoms with van der Waals surface area (Å²) in [6.45, 7) is 1.96. The lowest BCUT2D eigenvalue weighted by molar-refractivity contribution is -0.117. The van der Waals surface area contributed by atoms with Crippen molar-refractivity contribution in [1.29, 1.82) is 0 Å². The summed E-state index contributed by atoms with van der Waals surface area (Å²) in [5.74, 6) is 0.458. The van der Waals surface area contributed by atoms with Gasteiger partial charge in [0.1, 0.15) is 11.3 Å². The summed E-state index contributed by atoms with van der Waals surface area (Å²) < 4.78 is 0. The Kier molecular flexibility index (Phi) is 5.23. The van der Waals surface area contributed by atoms with Crippen molar-refractivity contribution in [3.8, 4) is 22.6 Å². The van der Waals surface area contributed by atoms with Crippen molar-refractivity contribution in [3.05, 3.63) is 55.1 Å². The molecule has 1 aliphatic heterocycles. The highest BCUT2D eigenvalue weighted by Gasteiger charge is 2.17. The van der Waals surface area contributed by atoms with Gasteiger partial charge < -0.3 is 15.6 Å². The number of carbonyl (C=O) groups excluding carboxylic acids is 1. The molecule has 4 N–H and O–H groups in total. The summed E-state index contributed by atoms with van der Waals surface area (Å²) >= 11 is 0. The molecule has 6 rings (SSSR count). The van der Waals surface area contributed by atoms with Crippen LogP contribution >= 0.6 is 0 Å². The number of rotatable bonds is 5.